The monoisotopic (exact) mass is 220 g/mol. The zero-order valence-corrected chi connectivity index (χ0v) is 9.90. The smallest absolute Gasteiger partial charge is 0.222 e. The van der Waals surface area contributed by atoms with Gasteiger partial charge in [0.05, 0.1) is 0 Å². The summed E-state index contributed by atoms with van der Waals surface area (Å²) in [6.07, 6.45) is 2.97. The number of halogens is 1. The zero-order chi connectivity index (χ0) is 9.68. The van der Waals surface area contributed by atoms with Crippen molar-refractivity contribution in [3.05, 3.63) is 0 Å². The number of amides is 1. The van der Waals surface area contributed by atoms with Crippen LogP contribution in [-0.4, -0.2) is 37.5 Å². The Labute approximate surface area is 92.6 Å². The first-order valence-corrected chi connectivity index (χ1v) is 5.20. The van der Waals surface area contributed by atoms with Crippen LogP contribution in [-0.2, 0) is 4.79 Å². The summed E-state index contributed by atoms with van der Waals surface area (Å²) in [6, 6.07) is 0. The molecule has 1 fully saturated rings. The molecule has 0 aromatic rings. The Hall–Kier alpha value is -0.280. The Morgan fingerprint density at radius 1 is 1.43 bits per heavy atom. The second-order valence-electron chi connectivity index (χ2n) is 3.74. The summed E-state index contributed by atoms with van der Waals surface area (Å²) in [6.45, 7) is 4.94. The van der Waals surface area contributed by atoms with Crippen molar-refractivity contribution in [2.24, 2.45) is 5.92 Å². The molecule has 1 amide bonds. The Morgan fingerprint density at radius 3 is 2.43 bits per heavy atom. The average molecular weight is 221 g/mol. The van der Waals surface area contributed by atoms with Crippen LogP contribution in [0.3, 0.4) is 0 Å². The molecule has 1 aliphatic heterocycles. The van der Waals surface area contributed by atoms with E-state index in [0.717, 1.165) is 38.4 Å². The number of hydrogen-bond donors (Lipinski definition) is 1. The highest BCUT2D eigenvalue weighted by Crippen LogP contribution is 2.16. The van der Waals surface area contributed by atoms with Gasteiger partial charge in [0.25, 0.3) is 0 Å². The SMILES string of the molecule is CCC(=O)N1CCC(CNC)CC1.Cl. The molecule has 0 radical (unpaired) electrons. The van der Waals surface area contributed by atoms with Crippen LogP contribution in [0.2, 0.25) is 0 Å². The molecule has 0 saturated carbocycles. The van der Waals surface area contributed by atoms with E-state index in [9.17, 15) is 4.79 Å². The Kier molecular flexibility index (Phi) is 6.93. The van der Waals surface area contributed by atoms with Gasteiger partial charge in [0.1, 0.15) is 0 Å². The number of nitrogens with one attached hydrogen (secondary N) is 1. The summed E-state index contributed by atoms with van der Waals surface area (Å²) in [5, 5.41) is 3.19. The van der Waals surface area contributed by atoms with Crippen molar-refractivity contribution in [3.63, 3.8) is 0 Å². The van der Waals surface area contributed by atoms with E-state index in [2.05, 4.69) is 5.32 Å². The van der Waals surface area contributed by atoms with Crippen molar-refractivity contribution in [2.75, 3.05) is 26.7 Å². The molecule has 0 spiro atoms. The van der Waals surface area contributed by atoms with Crippen LogP contribution >= 0.6 is 12.4 Å². The van der Waals surface area contributed by atoms with E-state index in [1.54, 1.807) is 0 Å². The van der Waals surface area contributed by atoms with Crippen LogP contribution in [0.1, 0.15) is 26.2 Å². The van der Waals surface area contributed by atoms with Gasteiger partial charge in [0.2, 0.25) is 5.91 Å². The molecular formula is C10H21ClN2O. The van der Waals surface area contributed by atoms with Crippen LogP contribution in [0.4, 0.5) is 0 Å². The summed E-state index contributed by atoms with van der Waals surface area (Å²) >= 11 is 0. The molecule has 1 N–H and O–H groups in total. The highest BCUT2D eigenvalue weighted by Gasteiger charge is 2.20. The molecule has 1 aliphatic rings. The van der Waals surface area contributed by atoms with Crippen LogP contribution < -0.4 is 5.32 Å². The summed E-state index contributed by atoms with van der Waals surface area (Å²) in [4.78, 5) is 13.3. The maximum absolute atomic E-state index is 11.3. The first kappa shape index (κ1) is 13.7. The van der Waals surface area contributed by atoms with Gasteiger partial charge in [-0.15, -0.1) is 12.4 Å². The van der Waals surface area contributed by atoms with E-state index < -0.39 is 0 Å². The molecule has 1 saturated heterocycles. The molecule has 4 heteroatoms. The van der Waals surface area contributed by atoms with Gasteiger partial charge in [-0.1, -0.05) is 6.92 Å². The van der Waals surface area contributed by atoms with Gasteiger partial charge in [-0.05, 0) is 32.4 Å². The van der Waals surface area contributed by atoms with E-state index >= 15 is 0 Å². The standard InChI is InChI=1S/C10H20N2O.ClH/c1-3-10(13)12-6-4-9(5-7-12)8-11-2;/h9,11H,3-8H2,1-2H3;1H. The molecule has 84 valence electrons. The Balaban J connectivity index is 0.00000169. The van der Waals surface area contributed by atoms with Crippen LogP contribution in [0.5, 0.6) is 0 Å². The van der Waals surface area contributed by atoms with Crippen molar-refractivity contribution in [1.29, 1.82) is 0 Å². The molecule has 0 aromatic heterocycles. The third-order valence-corrected chi connectivity index (χ3v) is 2.76. The van der Waals surface area contributed by atoms with Crippen molar-refractivity contribution in [2.45, 2.75) is 26.2 Å². The molecule has 0 aromatic carbocycles. The van der Waals surface area contributed by atoms with Crippen LogP contribution in [0, 0.1) is 5.92 Å². The fraction of sp³-hybridized carbons (Fsp3) is 0.900. The number of carbonyl (C=O) groups excluding carboxylic acids is 1. The van der Waals surface area contributed by atoms with Crippen LogP contribution in [0.15, 0.2) is 0 Å². The summed E-state index contributed by atoms with van der Waals surface area (Å²) in [7, 11) is 1.99. The fourth-order valence-corrected chi connectivity index (χ4v) is 1.90. The molecular weight excluding hydrogens is 200 g/mol. The largest absolute Gasteiger partial charge is 0.343 e. The third-order valence-electron chi connectivity index (χ3n) is 2.76. The van der Waals surface area contributed by atoms with E-state index in [1.165, 1.54) is 0 Å². The van der Waals surface area contributed by atoms with Crippen molar-refractivity contribution in [1.82, 2.24) is 10.2 Å². The minimum Gasteiger partial charge on any atom is -0.343 e. The number of likely N-dealkylation sites (tertiary alicyclic amines) is 1. The summed E-state index contributed by atoms with van der Waals surface area (Å²) < 4.78 is 0. The number of piperidine rings is 1. The van der Waals surface area contributed by atoms with Crippen molar-refractivity contribution in [3.8, 4) is 0 Å². The number of carbonyl (C=O) groups is 1. The second kappa shape index (κ2) is 7.07. The molecule has 1 heterocycles. The molecule has 3 nitrogen and oxygen atoms in total. The predicted octanol–water partition coefficient (Wildman–Crippen LogP) is 1.28. The maximum atomic E-state index is 11.3. The molecule has 14 heavy (non-hydrogen) atoms. The van der Waals surface area contributed by atoms with E-state index in [-0.39, 0.29) is 12.4 Å². The molecule has 0 aliphatic carbocycles. The molecule has 0 atom stereocenters. The Morgan fingerprint density at radius 2 is 2.00 bits per heavy atom. The van der Waals surface area contributed by atoms with Crippen molar-refractivity contribution >= 4 is 18.3 Å². The van der Waals surface area contributed by atoms with E-state index in [4.69, 9.17) is 0 Å². The Bertz CT molecular complexity index is 168. The first-order chi connectivity index (χ1) is 6.27. The zero-order valence-electron chi connectivity index (χ0n) is 9.08. The van der Waals surface area contributed by atoms with Gasteiger partial charge in [-0.2, -0.15) is 0 Å². The van der Waals surface area contributed by atoms with Gasteiger partial charge >= 0.3 is 0 Å². The minimum absolute atomic E-state index is 0. The summed E-state index contributed by atoms with van der Waals surface area (Å²) in [5.41, 5.74) is 0. The number of rotatable bonds is 3. The normalized spacial score (nSPS) is 17.7. The molecule has 0 unspecified atom stereocenters. The average Bonchev–Trinajstić information content (AvgIpc) is 2.18. The topological polar surface area (TPSA) is 32.3 Å². The van der Waals surface area contributed by atoms with E-state index in [0.29, 0.717) is 12.3 Å². The number of nitrogens with zero attached hydrogens (tertiary/aromatic N) is 1. The van der Waals surface area contributed by atoms with Gasteiger partial charge in [0.15, 0.2) is 0 Å². The molecule has 1 rings (SSSR count). The predicted molar refractivity (Wildman–Crippen MR) is 60.8 cm³/mol. The highest BCUT2D eigenvalue weighted by molar-refractivity contribution is 5.85. The third kappa shape index (κ3) is 3.84. The lowest BCUT2D eigenvalue weighted by Crippen LogP contribution is -2.40. The van der Waals surface area contributed by atoms with Crippen LogP contribution in [0.25, 0.3) is 0 Å². The van der Waals surface area contributed by atoms with Gasteiger partial charge in [-0.3, -0.25) is 4.79 Å². The maximum Gasteiger partial charge on any atom is 0.222 e. The van der Waals surface area contributed by atoms with Gasteiger partial charge < -0.3 is 10.2 Å². The number of hydrogen-bond acceptors (Lipinski definition) is 2. The lowest BCUT2D eigenvalue weighted by Gasteiger charge is -2.31. The lowest BCUT2D eigenvalue weighted by molar-refractivity contribution is -0.132. The summed E-state index contributed by atoms with van der Waals surface area (Å²) in [5.74, 6) is 1.08. The van der Waals surface area contributed by atoms with Crippen molar-refractivity contribution < 1.29 is 4.79 Å². The molecule has 0 bridgehead atoms. The van der Waals surface area contributed by atoms with Gasteiger partial charge in [0, 0.05) is 19.5 Å². The quantitative estimate of drug-likeness (QED) is 0.777. The second-order valence-corrected chi connectivity index (χ2v) is 3.74. The lowest BCUT2D eigenvalue weighted by atomic mass is 9.97. The fourth-order valence-electron chi connectivity index (χ4n) is 1.90. The minimum atomic E-state index is 0. The first-order valence-electron chi connectivity index (χ1n) is 5.20. The highest BCUT2D eigenvalue weighted by atomic mass is 35.5. The van der Waals surface area contributed by atoms with E-state index in [1.807, 2.05) is 18.9 Å². The van der Waals surface area contributed by atoms with Gasteiger partial charge in [-0.25, -0.2) is 0 Å².